The lowest BCUT2D eigenvalue weighted by atomic mass is 10.2. The molecule has 2 aromatic rings. The van der Waals surface area contributed by atoms with Crippen LogP contribution in [-0.2, 0) is 16.6 Å². The minimum Gasteiger partial charge on any atom is -0.468 e. The van der Waals surface area contributed by atoms with E-state index in [0.29, 0.717) is 11.4 Å². The summed E-state index contributed by atoms with van der Waals surface area (Å²) in [5.41, 5.74) is 5.97. The Morgan fingerprint density at radius 2 is 2.14 bits per heavy atom. The van der Waals surface area contributed by atoms with Gasteiger partial charge < -0.3 is 10.2 Å². The fraction of sp³-hybridized carbons (Fsp3) is 0.214. The van der Waals surface area contributed by atoms with Crippen LogP contribution in [0.4, 0.5) is 5.69 Å². The van der Waals surface area contributed by atoms with Gasteiger partial charge in [0.2, 0.25) is 10.0 Å². The minimum absolute atomic E-state index is 0.0351. The molecule has 0 bridgehead atoms. The molecule has 0 aliphatic carbocycles. The van der Waals surface area contributed by atoms with Gasteiger partial charge in [0.15, 0.2) is 0 Å². The van der Waals surface area contributed by atoms with Gasteiger partial charge >= 0.3 is 0 Å². The molecule has 0 atom stereocenters. The number of furan rings is 1. The van der Waals surface area contributed by atoms with E-state index in [9.17, 15) is 8.42 Å². The van der Waals surface area contributed by atoms with Crippen molar-refractivity contribution in [3.63, 3.8) is 0 Å². The third kappa shape index (κ3) is 3.07. The van der Waals surface area contributed by atoms with Gasteiger partial charge in [0.05, 0.1) is 18.4 Å². The van der Waals surface area contributed by atoms with E-state index < -0.39 is 10.0 Å². The molecule has 2 rings (SSSR count). The summed E-state index contributed by atoms with van der Waals surface area (Å²) in [7, 11) is -3.79. The summed E-state index contributed by atoms with van der Waals surface area (Å²) in [6.45, 7) is 2.10. The Kier molecular flexibility index (Phi) is 4.31. The molecule has 1 aromatic heterocycles. The highest BCUT2D eigenvalue weighted by Crippen LogP contribution is 2.23. The average Bonchev–Trinajstić information content (AvgIpc) is 2.97. The van der Waals surface area contributed by atoms with Gasteiger partial charge in [-0.05, 0) is 30.3 Å². The molecule has 21 heavy (non-hydrogen) atoms. The van der Waals surface area contributed by atoms with Crippen molar-refractivity contribution in [3.8, 4) is 6.07 Å². The number of anilines is 1. The highest BCUT2D eigenvalue weighted by Gasteiger charge is 2.26. The SMILES string of the molecule is CCN(Cc1ccco1)S(=O)(=O)c1ccc(N)cc1C#N. The molecular formula is C14H15N3O3S. The molecule has 0 unspecified atom stereocenters. The fourth-order valence-corrected chi connectivity index (χ4v) is 3.48. The second-order valence-electron chi connectivity index (χ2n) is 4.38. The van der Waals surface area contributed by atoms with Crippen molar-refractivity contribution in [1.82, 2.24) is 4.31 Å². The molecule has 1 heterocycles. The maximum atomic E-state index is 12.7. The molecule has 0 aliphatic heterocycles. The lowest BCUT2D eigenvalue weighted by Crippen LogP contribution is -2.30. The van der Waals surface area contributed by atoms with Crippen molar-refractivity contribution in [1.29, 1.82) is 5.26 Å². The topological polar surface area (TPSA) is 100 Å². The van der Waals surface area contributed by atoms with E-state index in [-0.39, 0.29) is 23.5 Å². The number of benzene rings is 1. The number of nitrogens with zero attached hydrogens (tertiary/aromatic N) is 2. The number of nitriles is 1. The van der Waals surface area contributed by atoms with E-state index in [0.717, 1.165) is 0 Å². The van der Waals surface area contributed by atoms with Crippen molar-refractivity contribution in [2.75, 3.05) is 12.3 Å². The molecule has 0 radical (unpaired) electrons. The van der Waals surface area contributed by atoms with Crippen molar-refractivity contribution in [2.24, 2.45) is 0 Å². The first-order chi connectivity index (χ1) is 9.98. The molecule has 0 aliphatic rings. The van der Waals surface area contributed by atoms with Crippen LogP contribution >= 0.6 is 0 Å². The van der Waals surface area contributed by atoms with Gasteiger partial charge in [-0.25, -0.2) is 8.42 Å². The van der Waals surface area contributed by atoms with Gasteiger partial charge in [-0.1, -0.05) is 6.92 Å². The third-order valence-corrected chi connectivity index (χ3v) is 4.99. The van der Waals surface area contributed by atoms with Crippen LogP contribution in [0, 0.1) is 11.3 Å². The number of sulfonamides is 1. The van der Waals surface area contributed by atoms with E-state index in [1.54, 1.807) is 19.1 Å². The Labute approximate surface area is 123 Å². The summed E-state index contributed by atoms with van der Waals surface area (Å²) in [5, 5.41) is 9.11. The number of nitrogens with two attached hydrogens (primary N) is 1. The zero-order valence-corrected chi connectivity index (χ0v) is 12.3. The number of nitrogen functional groups attached to an aromatic ring is 1. The first-order valence-electron chi connectivity index (χ1n) is 6.31. The van der Waals surface area contributed by atoms with Crippen molar-refractivity contribution in [2.45, 2.75) is 18.4 Å². The molecular weight excluding hydrogens is 290 g/mol. The van der Waals surface area contributed by atoms with Crippen LogP contribution in [0.25, 0.3) is 0 Å². The van der Waals surface area contributed by atoms with Crippen LogP contribution in [0.2, 0.25) is 0 Å². The standard InChI is InChI=1S/C14H15N3O3S/c1-2-17(10-13-4-3-7-20-13)21(18,19)14-6-5-12(16)8-11(14)9-15/h3-8H,2,10,16H2,1H3. The lowest BCUT2D eigenvalue weighted by Gasteiger charge is -2.20. The Hall–Kier alpha value is -2.30. The van der Waals surface area contributed by atoms with Crippen molar-refractivity contribution in [3.05, 3.63) is 47.9 Å². The largest absolute Gasteiger partial charge is 0.468 e. The smallest absolute Gasteiger partial charge is 0.244 e. The number of hydrogen-bond acceptors (Lipinski definition) is 5. The Bertz CT molecular complexity index is 761. The van der Waals surface area contributed by atoms with Gasteiger partial charge in [0.1, 0.15) is 16.7 Å². The summed E-state index contributed by atoms with van der Waals surface area (Å²) in [6.07, 6.45) is 1.49. The minimum atomic E-state index is -3.79. The van der Waals surface area contributed by atoms with E-state index in [4.69, 9.17) is 15.4 Å². The van der Waals surface area contributed by atoms with E-state index in [1.165, 1.54) is 28.8 Å². The van der Waals surface area contributed by atoms with Crippen LogP contribution in [0.3, 0.4) is 0 Å². The Morgan fingerprint density at radius 3 is 2.71 bits per heavy atom. The molecule has 2 N–H and O–H groups in total. The molecule has 6 nitrogen and oxygen atoms in total. The van der Waals surface area contributed by atoms with Gasteiger partial charge in [-0.15, -0.1) is 0 Å². The second kappa shape index (κ2) is 5.99. The highest BCUT2D eigenvalue weighted by molar-refractivity contribution is 7.89. The summed E-state index contributed by atoms with van der Waals surface area (Å²) >= 11 is 0. The summed E-state index contributed by atoms with van der Waals surface area (Å²) in [4.78, 5) is -0.0485. The van der Waals surface area contributed by atoms with Crippen molar-refractivity contribution < 1.29 is 12.8 Å². The van der Waals surface area contributed by atoms with E-state index in [1.807, 2.05) is 6.07 Å². The highest BCUT2D eigenvalue weighted by atomic mass is 32.2. The molecule has 110 valence electrons. The Morgan fingerprint density at radius 1 is 1.38 bits per heavy atom. The maximum Gasteiger partial charge on any atom is 0.244 e. The van der Waals surface area contributed by atoms with Crippen LogP contribution in [0.1, 0.15) is 18.2 Å². The van der Waals surface area contributed by atoms with Crippen LogP contribution in [0.5, 0.6) is 0 Å². The van der Waals surface area contributed by atoms with Crippen molar-refractivity contribution >= 4 is 15.7 Å². The predicted molar refractivity (Wildman–Crippen MR) is 77.5 cm³/mol. The third-order valence-electron chi connectivity index (χ3n) is 3.01. The molecule has 0 spiro atoms. The summed E-state index contributed by atoms with van der Waals surface area (Å²) in [6, 6.07) is 9.44. The zero-order valence-electron chi connectivity index (χ0n) is 11.5. The van der Waals surface area contributed by atoms with Crippen LogP contribution < -0.4 is 5.73 Å². The number of hydrogen-bond donors (Lipinski definition) is 1. The molecule has 0 amide bonds. The maximum absolute atomic E-state index is 12.7. The average molecular weight is 305 g/mol. The van der Waals surface area contributed by atoms with E-state index >= 15 is 0 Å². The first kappa shape index (κ1) is 15.1. The molecule has 0 fully saturated rings. The van der Waals surface area contributed by atoms with E-state index in [2.05, 4.69) is 0 Å². The zero-order chi connectivity index (χ0) is 15.5. The fourth-order valence-electron chi connectivity index (χ4n) is 1.94. The van der Waals surface area contributed by atoms with Gasteiger partial charge in [-0.3, -0.25) is 0 Å². The predicted octanol–water partition coefficient (Wildman–Crippen LogP) is 1.94. The normalized spacial score (nSPS) is 11.5. The number of rotatable bonds is 5. The van der Waals surface area contributed by atoms with Gasteiger partial charge in [0.25, 0.3) is 0 Å². The Balaban J connectivity index is 2.42. The summed E-state index contributed by atoms with van der Waals surface area (Å²) < 4.78 is 31.8. The quantitative estimate of drug-likeness (QED) is 0.851. The van der Waals surface area contributed by atoms with Gasteiger partial charge in [0, 0.05) is 12.2 Å². The molecule has 0 saturated heterocycles. The lowest BCUT2D eigenvalue weighted by molar-refractivity contribution is 0.375. The van der Waals surface area contributed by atoms with Gasteiger partial charge in [-0.2, -0.15) is 9.57 Å². The molecule has 7 heteroatoms. The monoisotopic (exact) mass is 305 g/mol. The molecule has 1 aromatic carbocycles. The summed E-state index contributed by atoms with van der Waals surface area (Å²) in [5.74, 6) is 0.536. The second-order valence-corrected chi connectivity index (χ2v) is 6.28. The van der Waals surface area contributed by atoms with Crippen LogP contribution in [0.15, 0.2) is 45.9 Å². The molecule has 0 saturated carbocycles. The first-order valence-corrected chi connectivity index (χ1v) is 7.75. The van der Waals surface area contributed by atoms with Crippen LogP contribution in [-0.4, -0.2) is 19.3 Å².